The third kappa shape index (κ3) is 2.47. The molecule has 0 aromatic carbocycles. The van der Waals surface area contributed by atoms with E-state index in [2.05, 4.69) is 32.1 Å². The maximum absolute atomic E-state index is 5.73. The molecule has 0 spiro atoms. The van der Waals surface area contributed by atoms with Gasteiger partial charge in [-0.15, -0.1) is 11.6 Å². The zero-order valence-corrected chi connectivity index (χ0v) is 9.52. The van der Waals surface area contributed by atoms with Gasteiger partial charge in [-0.3, -0.25) is 4.68 Å². The highest BCUT2D eigenvalue weighted by atomic mass is 35.5. The van der Waals surface area contributed by atoms with Crippen LogP contribution in [-0.4, -0.2) is 15.7 Å². The maximum Gasteiger partial charge on any atom is 0.0710 e. The van der Waals surface area contributed by atoms with Crippen LogP contribution in [-0.2, 0) is 18.9 Å². The number of hydrogen-bond donors (Lipinski definition) is 0. The topological polar surface area (TPSA) is 17.8 Å². The van der Waals surface area contributed by atoms with Gasteiger partial charge < -0.3 is 0 Å². The summed E-state index contributed by atoms with van der Waals surface area (Å²) in [5, 5.41) is 4.46. The Morgan fingerprint density at radius 2 is 2.08 bits per heavy atom. The highest BCUT2D eigenvalue weighted by molar-refractivity contribution is 6.18. The van der Waals surface area contributed by atoms with Gasteiger partial charge in [0.2, 0.25) is 0 Å². The van der Waals surface area contributed by atoms with Gasteiger partial charge in [0, 0.05) is 24.5 Å². The lowest BCUT2D eigenvalue weighted by Gasteiger charge is -2.16. The van der Waals surface area contributed by atoms with E-state index >= 15 is 0 Å². The molecular weight excluding hydrogens is 184 g/mol. The fourth-order valence-corrected chi connectivity index (χ4v) is 1.66. The highest BCUT2D eigenvalue weighted by Gasteiger charge is 2.21. The Morgan fingerprint density at radius 3 is 2.54 bits per heavy atom. The molecule has 0 atom stereocenters. The van der Waals surface area contributed by atoms with Gasteiger partial charge in [-0.25, -0.2) is 0 Å². The minimum absolute atomic E-state index is 0.114. The van der Waals surface area contributed by atoms with Gasteiger partial charge in [-0.2, -0.15) is 5.10 Å². The second-order valence-corrected chi connectivity index (χ2v) is 4.74. The molecule has 2 nitrogen and oxygen atoms in total. The smallest absolute Gasteiger partial charge is 0.0710 e. The summed E-state index contributed by atoms with van der Waals surface area (Å²) in [5.74, 6) is 0.661. The van der Waals surface area contributed by atoms with Crippen LogP contribution < -0.4 is 0 Å². The van der Waals surface area contributed by atoms with Gasteiger partial charge in [0.25, 0.3) is 0 Å². The van der Waals surface area contributed by atoms with Crippen LogP contribution in [0.3, 0.4) is 0 Å². The molecule has 0 aliphatic heterocycles. The number of nitrogens with zero attached hydrogens (tertiary/aromatic N) is 2. The third-order valence-electron chi connectivity index (χ3n) is 1.98. The van der Waals surface area contributed by atoms with Crippen LogP contribution in [0.25, 0.3) is 0 Å². The molecule has 1 aromatic rings. The molecule has 13 heavy (non-hydrogen) atoms. The molecule has 3 heteroatoms. The van der Waals surface area contributed by atoms with Crippen LogP contribution in [0, 0.1) is 0 Å². The van der Waals surface area contributed by atoms with Crippen molar-refractivity contribution in [2.75, 3.05) is 5.88 Å². The fourth-order valence-electron chi connectivity index (χ4n) is 1.45. The van der Waals surface area contributed by atoms with E-state index in [1.807, 2.05) is 11.7 Å². The van der Waals surface area contributed by atoms with Crippen LogP contribution in [0.1, 0.15) is 32.0 Å². The van der Waals surface area contributed by atoms with E-state index in [1.54, 1.807) is 0 Å². The summed E-state index contributed by atoms with van der Waals surface area (Å²) in [6.07, 6.45) is 2.96. The zero-order chi connectivity index (χ0) is 10.1. The number of aromatic nitrogens is 2. The van der Waals surface area contributed by atoms with Crippen molar-refractivity contribution in [2.45, 2.75) is 32.6 Å². The van der Waals surface area contributed by atoms with Crippen LogP contribution >= 0.6 is 11.6 Å². The lowest BCUT2D eigenvalue weighted by atomic mass is 9.89. The van der Waals surface area contributed by atoms with E-state index in [0.29, 0.717) is 5.88 Å². The number of aryl methyl sites for hydroxylation is 2. The van der Waals surface area contributed by atoms with E-state index < -0.39 is 0 Å². The largest absolute Gasteiger partial charge is 0.275 e. The van der Waals surface area contributed by atoms with Crippen LogP contribution in [0.5, 0.6) is 0 Å². The quantitative estimate of drug-likeness (QED) is 0.671. The van der Waals surface area contributed by atoms with E-state index in [-0.39, 0.29) is 5.41 Å². The molecular formula is C10H17ClN2. The van der Waals surface area contributed by atoms with Crippen molar-refractivity contribution < 1.29 is 0 Å². The minimum Gasteiger partial charge on any atom is -0.275 e. The summed E-state index contributed by atoms with van der Waals surface area (Å²) < 4.78 is 1.86. The standard InChI is InChI=1S/C10H17ClN2/c1-10(2,3)9-8(5-6-11)7-13(4)12-9/h7H,5-6H2,1-4H3. The molecule has 0 aliphatic rings. The first-order valence-electron chi connectivity index (χ1n) is 4.54. The molecule has 74 valence electrons. The van der Waals surface area contributed by atoms with Gasteiger partial charge in [-0.1, -0.05) is 20.8 Å². The molecule has 0 radical (unpaired) electrons. The second kappa shape index (κ2) is 3.70. The Balaban J connectivity index is 3.04. The Morgan fingerprint density at radius 1 is 1.46 bits per heavy atom. The van der Waals surface area contributed by atoms with Gasteiger partial charge >= 0.3 is 0 Å². The lowest BCUT2D eigenvalue weighted by molar-refractivity contribution is 0.549. The number of hydrogen-bond acceptors (Lipinski definition) is 1. The fraction of sp³-hybridized carbons (Fsp3) is 0.700. The summed E-state index contributed by atoms with van der Waals surface area (Å²) in [5.41, 5.74) is 2.54. The average molecular weight is 201 g/mol. The maximum atomic E-state index is 5.73. The van der Waals surface area contributed by atoms with Crippen molar-refractivity contribution in [3.63, 3.8) is 0 Å². The Hall–Kier alpha value is -0.500. The van der Waals surface area contributed by atoms with Crippen molar-refractivity contribution in [3.8, 4) is 0 Å². The predicted molar refractivity (Wildman–Crippen MR) is 56.3 cm³/mol. The number of halogens is 1. The van der Waals surface area contributed by atoms with E-state index in [4.69, 9.17) is 11.6 Å². The van der Waals surface area contributed by atoms with Crippen LogP contribution in [0.2, 0.25) is 0 Å². The van der Waals surface area contributed by atoms with Gasteiger partial charge in [-0.05, 0) is 12.0 Å². The molecule has 0 unspecified atom stereocenters. The summed E-state index contributed by atoms with van der Waals surface area (Å²) in [6, 6.07) is 0. The molecule has 1 rings (SSSR count). The molecule has 1 aromatic heterocycles. The summed E-state index contributed by atoms with van der Waals surface area (Å²) in [7, 11) is 1.95. The first kappa shape index (κ1) is 10.6. The van der Waals surface area contributed by atoms with Crippen molar-refractivity contribution in [2.24, 2.45) is 7.05 Å². The molecule has 0 aliphatic carbocycles. The van der Waals surface area contributed by atoms with Gasteiger partial charge in [0.15, 0.2) is 0 Å². The number of alkyl halides is 1. The van der Waals surface area contributed by atoms with E-state index in [1.165, 1.54) is 5.56 Å². The van der Waals surface area contributed by atoms with Crippen molar-refractivity contribution in [1.29, 1.82) is 0 Å². The first-order valence-corrected chi connectivity index (χ1v) is 5.07. The zero-order valence-electron chi connectivity index (χ0n) is 8.76. The highest BCUT2D eigenvalue weighted by Crippen LogP contribution is 2.24. The third-order valence-corrected chi connectivity index (χ3v) is 2.17. The number of rotatable bonds is 2. The Kier molecular flexibility index (Phi) is 3.01. The molecule has 0 saturated heterocycles. The molecule has 0 saturated carbocycles. The molecule has 0 amide bonds. The molecule has 0 bridgehead atoms. The van der Waals surface area contributed by atoms with Crippen LogP contribution in [0.15, 0.2) is 6.20 Å². The monoisotopic (exact) mass is 200 g/mol. The van der Waals surface area contributed by atoms with Gasteiger partial charge in [0.05, 0.1) is 5.69 Å². The average Bonchev–Trinajstić information content (AvgIpc) is 2.30. The van der Waals surface area contributed by atoms with Crippen molar-refractivity contribution >= 4 is 11.6 Å². The first-order chi connectivity index (χ1) is 5.95. The lowest BCUT2D eigenvalue weighted by Crippen LogP contribution is -2.15. The Labute approximate surface area is 84.9 Å². The second-order valence-electron chi connectivity index (χ2n) is 4.37. The van der Waals surface area contributed by atoms with Crippen LogP contribution in [0.4, 0.5) is 0 Å². The minimum atomic E-state index is 0.114. The van der Waals surface area contributed by atoms with E-state index in [9.17, 15) is 0 Å². The molecule has 1 heterocycles. The summed E-state index contributed by atoms with van der Waals surface area (Å²) >= 11 is 5.73. The van der Waals surface area contributed by atoms with Gasteiger partial charge in [0.1, 0.15) is 0 Å². The normalized spacial score (nSPS) is 12.1. The predicted octanol–water partition coefficient (Wildman–Crippen LogP) is 2.50. The SMILES string of the molecule is Cn1cc(CCCl)c(C(C)(C)C)n1. The summed E-state index contributed by atoms with van der Waals surface area (Å²) in [6.45, 7) is 6.52. The van der Waals surface area contributed by atoms with Crippen molar-refractivity contribution in [1.82, 2.24) is 9.78 Å². The molecule has 0 fully saturated rings. The van der Waals surface area contributed by atoms with E-state index in [0.717, 1.165) is 12.1 Å². The molecule has 0 N–H and O–H groups in total. The summed E-state index contributed by atoms with van der Waals surface area (Å²) in [4.78, 5) is 0. The van der Waals surface area contributed by atoms with Crippen molar-refractivity contribution in [3.05, 3.63) is 17.5 Å². The Bertz CT molecular complexity index is 284.